The fourth-order valence-corrected chi connectivity index (χ4v) is 2.49. The first-order valence-electron chi connectivity index (χ1n) is 6.81. The van der Waals surface area contributed by atoms with E-state index in [1.54, 1.807) is 0 Å². The third-order valence-electron chi connectivity index (χ3n) is 3.45. The molecule has 0 amide bonds. The largest absolute Gasteiger partial charge is 0.256 e. The van der Waals surface area contributed by atoms with E-state index in [9.17, 15) is 0 Å². The minimum absolute atomic E-state index is 1.05. The molecule has 2 aromatic carbocycles. The average molecular weight is 247 g/mol. The molecule has 1 heterocycles. The highest BCUT2D eigenvalue weighted by Gasteiger charge is 2.03. The average Bonchev–Trinajstić information content (AvgIpc) is 2.48. The van der Waals surface area contributed by atoms with Crippen LogP contribution in [-0.2, 0) is 6.42 Å². The van der Waals surface area contributed by atoms with E-state index in [1.165, 1.54) is 28.5 Å². The Balaban J connectivity index is 2.08. The molecule has 3 rings (SSSR count). The van der Waals surface area contributed by atoms with E-state index < -0.39 is 0 Å². The molecule has 1 heteroatoms. The third kappa shape index (κ3) is 2.37. The summed E-state index contributed by atoms with van der Waals surface area (Å²) in [5.41, 5.74) is 4.98. The van der Waals surface area contributed by atoms with Crippen molar-refractivity contribution in [3.63, 3.8) is 0 Å². The van der Waals surface area contributed by atoms with Crippen LogP contribution in [0.15, 0.2) is 60.8 Å². The van der Waals surface area contributed by atoms with E-state index in [0.29, 0.717) is 0 Å². The number of benzene rings is 2. The summed E-state index contributed by atoms with van der Waals surface area (Å²) in [4.78, 5) is 4.41. The molecule has 0 spiro atoms. The molecule has 0 fully saturated rings. The topological polar surface area (TPSA) is 12.9 Å². The van der Waals surface area contributed by atoms with Gasteiger partial charge in [0.1, 0.15) is 0 Å². The highest BCUT2D eigenvalue weighted by molar-refractivity contribution is 5.94. The normalized spacial score (nSPS) is 10.8. The van der Waals surface area contributed by atoms with E-state index >= 15 is 0 Å². The van der Waals surface area contributed by atoms with Crippen LogP contribution in [0.1, 0.15) is 18.9 Å². The second kappa shape index (κ2) is 5.23. The third-order valence-corrected chi connectivity index (χ3v) is 3.45. The van der Waals surface area contributed by atoms with Crippen molar-refractivity contribution in [2.45, 2.75) is 19.8 Å². The molecule has 19 heavy (non-hydrogen) atoms. The van der Waals surface area contributed by atoms with Gasteiger partial charge in [0.25, 0.3) is 0 Å². The van der Waals surface area contributed by atoms with Gasteiger partial charge in [0, 0.05) is 11.6 Å². The van der Waals surface area contributed by atoms with Gasteiger partial charge < -0.3 is 0 Å². The second-order valence-electron chi connectivity index (χ2n) is 4.82. The number of rotatable bonds is 3. The van der Waals surface area contributed by atoms with Crippen LogP contribution in [0.4, 0.5) is 0 Å². The second-order valence-corrected chi connectivity index (χ2v) is 4.82. The van der Waals surface area contributed by atoms with Gasteiger partial charge in [0.15, 0.2) is 0 Å². The zero-order valence-corrected chi connectivity index (χ0v) is 11.1. The Morgan fingerprint density at radius 1 is 0.895 bits per heavy atom. The van der Waals surface area contributed by atoms with Crippen molar-refractivity contribution in [3.8, 4) is 11.1 Å². The Morgan fingerprint density at radius 3 is 2.53 bits per heavy atom. The zero-order chi connectivity index (χ0) is 13.1. The predicted octanol–water partition coefficient (Wildman–Crippen LogP) is 4.85. The maximum Gasteiger partial charge on any atom is 0.0708 e. The highest BCUT2D eigenvalue weighted by atomic mass is 14.6. The van der Waals surface area contributed by atoms with E-state index in [4.69, 9.17) is 0 Å². The van der Waals surface area contributed by atoms with Gasteiger partial charge in [0.05, 0.1) is 5.52 Å². The van der Waals surface area contributed by atoms with E-state index in [1.807, 2.05) is 12.3 Å². The first kappa shape index (κ1) is 11.9. The fourth-order valence-electron chi connectivity index (χ4n) is 2.49. The summed E-state index contributed by atoms with van der Waals surface area (Å²) >= 11 is 0. The van der Waals surface area contributed by atoms with Crippen molar-refractivity contribution < 1.29 is 0 Å². The smallest absolute Gasteiger partial charge is 0.0708 e. The number of pyridine rings is 1. The molecule has 0 radical (unpaired) electrons. The number of hydrogen-bond acceptors (Lipinski definition) is 1. The van der Waals surface area contributed by atoms with Gasteiger partial charge in [-0.1, -0.05) is 55.8 Å². The fraction of sp³-hybridized carbons (Fsp3) is 0.167. The van der Waals surface area contributed by atoms with Crippen LogP contribution in [0.2, 0.25) is 0 Å². The predicted molar refractivity (Wildman–Crippen MR) is 81.2 cm³/mol. The number of hydrogen-bond donors (Lipinski definition) is 0. The molecule has 94 valence electrons. The van der Waals surface area contributed by atoms with Gasteiger partial charge in [-0.2, -0.15) is 0 Å². The van der Waals surface area contributed by atoms with Gasteiger partial charge in [-0.15, -0.1) is 0 Å². The lowest BCUT2D eigenvalue weighted by atomic mass is 9.99. The molecule has 3 aromatic rings. The van der Waals surface area contributed by atoms with Crippen molar-refractivity contribution in [2.75, 3.05) is 0 Å². The Labute approximate surface area is 113 Å². The molecule has 0 aliphatic heterocycles. The summed E-state index contributed by atoms with van der Waals surface area (Å²) in [6, 6.07) is 19.3. The summed E-state index contributed by atoms with van der Waals surface area (Å²) in [6.45, 7) is 2.21. The molecule has 0 aliphatic rings. The lowest BCUT2D eigenvalue weighted by Crippen LogP contribution is -1.85. The number of fused-ring (bicyclic) bond motifs is 1. The minimum Gasteiger partial charge on any atom is -0.256 e. The standard InChI is InChI=1S/C18H17N/c1-2-5-14-9-11-15(12-10-14)16-6-3-8-18-17(16)7-4-13-19-18/h3-4,6-13H,2,5H2,1H3. The Bertz CT molecular complexity index is 678. The summed E-state index contributed by atoms with van der Waals surface area (Å²) in [5.74, 6) is 0. The molecule has 1 aromatic heterocycles. The first-order valence-corrected chi connectivity index (χ1v) is 6.81. The van der Waals surface area contributed by atoms with Crippen LogP contribution in [0.3, 0.4) is 0 Å². The molecule has 0 atom stereocenters. The summed E-state index contributed by atoms with van der Waals surface area (Å²) in [7, 11) is 0. The molecular formula is C18H17N. The van der Waals surface area contributed by atoms with Gasteiger partial charge in [-0.05, 0) is 35.2 Å². The molecule has 0 bridgehead atoms. The van der Waals surface area contributed by atoms with Crippen molar-refractivity contribution in [2.24, 2.45) is 0 Å². The van der Waals surface area contributed by atoms with Gasteiger partial charge in [0.2, 0.25) is 0 Å². The van der Waals surface area contributed by atoms with Crippen molar-refractivity contribution in [1.29, 1.82) is 0 Å². The molecule has 0 N–H and O–H groups in total. The number of aryl methyl sites for hydroxylation is 1. The molecule has 1 nitrogen and oxygen atoms in total. The monoisotopic (exact) mass is 247 g/mol. The summed E-state index contributed by atoms with van der Waals surface area (Å²) < 4.78 is 0. The lowest BCUT2D eigenvalue weighted by Gasteiger charge is -2.07. The summed E-state index contributed by atoms with van der Waals surface area (Å²) in [5, 5.41) is 1.22. The first-order chi connectivity index (χ1) is 9.38. The zero-order valence-electron chi connectivity index (χ0n) is 11.1. The van der Waals surface area contributed by atoms with Gasteiger partial charge in [-0.3, -0.25) is 4.98 Å². The molecule has 0 saturated heterocycles. The lowest BCUT2D eigenvalue weighted by molar-refractivity contribution is 0.922. The Hall–Kier alpha value is -2.15. The van der Waals surface area contributed by atoms with Crippen molar-refractivity contribution in [3.05, 3.63) is 66.4 Å². The Morgan fingerprint density at radius 2 is 1.74 bits per heavy atom. The Kier molecular flexibility index (Phi) is 3.28. The van der Waals surface area contributed by atoms with Crippen LogP contribution >= 0.6 is 0 Å². The molecule has 0 saturated carbocycles. The number of nitrogens with zero attached hydrogens (tertiary/aromatic N) is 1. The highest BCUT2D eigenvalue weighted by Crippen LogP contribution is 2.27. The van der Waals surface area contributed by atoms with Crippen molar-refractivity contribution >= 4 is 10.9 Å². The van der Waals surface area contributed by atoms with Crippen LogP contribution in [0.5, 0.6) is 0 Å². The number of aromatic nitrogens is 1. The maximum absolute atomic E-state index is 4.41. The van der Waals surface area contributed by atoms with Crippen LogP contribution < -0.4 is 0 Å². The SMILES string of the molecule is CCCc1ccc(-c2cccc3ncccc23)cc1. The van der Waals surface area contributed by atoms with Crippen molar-refractivity contribution in [1.82, 2.24) is 4.98 Å². The minimum atomic E-state index is 1.05. The summed E-state index contributed by atoms with van der Waals surface area (Å²) in [6.07, 6.45) is 4.19. The van der Waals surface area contributed by atoms with Crippen LogP contribution in [0.25, 0.3) is 22.0 Å². The van der Waals surface area contributed by atoms with Gasteiger partial charge in [-0.25, -0.2) is 0 Å². The quantitative estimate of drug-likeness (QED) is 0.644. The van der Waals surface area contributed by atoms with E-state index in [0.717, 1.165) is 11.9 Å². The van der Waals surface area contributed by atoms with Crippen LogP contribution in [0, 0.1) is 0 Å². The van der Waals surface area contributed by atoms with E-state index in [2.05, 4.69) is 60.4 Å². The molecule has 0 aliphatic carbocycles. The maximum atomic E-state index is 4.41. The molecular weight excluding hydrogens is 230 g/mol. The van der Waals surface area contributed by atoms with Crippen LogP contribution in [-0.4, -0.2) is 4.98 Å². The van der Waals surface area contributed by atoms with Gasteiger partial charge >= 0.3 is 0 Å². The van der Waals surface area contributed by atoms with E-state index in [-0.39, 0.29) is 0 Å². The molecule has 0 unspecified atom stereocenters.